The molecule has 15 heavy (non-hydrogen) atoms. The maximum atomic E-state index is 4.51. The van der Waals surface area contributed by atoms with E-state index in [-0.39, 0.29) is 0 Å². The number of hydrogen-bond donors (Lipinski definition) is 2. The highest BCUT2D eigenvalue weighted by Gasteiger charge is 2.06. The lowest BCUT2D eigenvalue weighted by Gasteiger charge is -1.96. The average Bonchev–Trinajstić information content (AvgIpc) is 2.57. The van der Waals surface area contributed by atoms with Gasteiger partial charge >= 0.3 is 0 Å². The topological polar surface area (TPSA) is 0 Å². The molecule has 0 saturated carbocycles. The van der Waals surface area contributed by atoms with Gasteiger partial charge in [0.05, 0.1) is 0 Å². The Balaban J connectivity index is 2.61. The van der Waals surface area contributed by atoms with Crippen molar-refractivity contribution in [2.45, 2.75) is 9.79 Å². The summed E-state index contributed by atoms with van der Waals surface area (Å²) in [5.41, 5.74) is 0. The molecule has 0 aliphatic carbocycles. The minimum atomic E-state index is 0.999. The second-order valence-corrected chi connectivity index (χ2v) is 5.51. The monoisotopic (exact) mass is 248 g/mol. The molecule has 0 aliphatic rings. The predicted octanol–water partition coefficient (Wildman–Crippen LogP) is 4.63. The Bertz CT molecular complexity index is 652. The Hall–Kier alpha value is -0.640. The molecule has 0 spiro atoms. The van der Waals surface area contributed by atoms with E-state index in [2.05, 4.69) is 43.5 Å². The van der Waals surface area contributed by atoms with Crippen LogP contribution in [0.5, 0.6) is 0 Å². The molecule has 1 aromatic heterocycles. The largest absolute Gasteiger partial charge is 0.143 e. The Morgan fingerprint density at radius 1 is 0.933 bits per heavy atom. The molecule has 1 heterocycles. The van der Waals surface area contributed by atoms with E-state index in [1.165, 1.54) is 20.2 Å². The van der Waals surface area contributed by atoms with Gasteiger partial charge in [0.25, 0.3) is 0 Å². The molecule has 74 valence electrons. The van der Waals surface area contributed by atoms with Crippen LogP contribution in [0.25, 0.3) is 20.2 Å². The number of thiol groups is 2. The molecule has 0 fully saturated rings. The quantitative estimate of drug-likeness (QED) is 0.532. The van der Waals surface area contributed by atoms with Gasteiger partial charge in [-0.1, -0.05) is 6.07 Å². The van der Waals surface area contributed by atoms with E-state index in [0.717, 1.165) is 9.79 Å². The maximum absolute atomic E-state index is 4.51. The van der Waals surface area contributed by atoms with Crippen molar-refractivity contribution in [1.82, 2.24) is 0 Å². The Morgan fingerprint density at radius 2 is 1.80 bits per heavy atom. The van der Waals surface area contributed by atoms with Crippen LogP contribution in [0.15, 0.2) is 46.2 Å². The summed E-state index contributed by atoms with van der Waals surface area (Å²) in [7, 11) is 0. The minimum absolute atomic E-state index is 0.999. The highest BCUT2D eigenvalue weighted by Crippen LogP contribution is 2.37. The molecule has 3 aromatic rings. The van der Waals surface area contributed by atoms with Crippen molar-refractivity contribution in [1.29, 1.82) is 0 Å². The Labute approximate surface area is 103 Å². The molecular weight excluding hydrogens is 240 g/mol. The Morgan fingerprint density at radius 3 is 2.67 bits per heavy atom. The van der Waals surface area contributed by atoms with Gasteiger partial charge in [0.2, 0.25) is 0 Å². The van der Waals surface area contributed by atoms with Crippen molar-refractivity contribution >= 4 is 56.8 Å². The summed E-state index contributed by atoms with van der Waals surface area (Å²) >= 11 is 10.7. The van der Waals surface area contributed by atoms with Gasteiger partial charge in [-0.15, -0.1) is 36.6 Å². The van der Waals surface area contributed by atoms with E-state index >= 15 is 0 Å². The fourth-order valence-corrected chi connectivity index (χ4v) is 3.51. The number of thiophene rings is 1. The standard InChI is InChI=1S/C12H8S3/c13-7-4-5-10-8(6-7)12-9(14)2-1-3-11(12)15-10/h1-6,13-14H. The molecule has 2 aromatic carbocycles. The zero-order valence-electron chi connectivity index (χ0n) is 7.77. The number of fused-ring (bicyclic) bond motifs is 3. The van der Waals surface area contributed by atoms with Crippen LogP contribution >= 0.6 is 36.6 Å². The molecule has 0 nitrogen and oxygen atoms in total. The first-order valence-corrected chi connectivity index (χ1v) is 6.30. The van der Waals surface area contributed by atoms with Crippen LogP contribution in [-0.2, 0) is 0 Å². The summed E-state index contributed by atoms with van der Waals surface area (Å²) < 4.78 is 2.58. The first-order chi connectivity index (χ1) is 7.25. The second kappa shape index (κ2) is 3.44. The highest BCUT2D eigenvalue weighted by molar-refractivity contribution is 7.80. The zero-order chi connectivity index (χ0) is 10.4. The smallest absolute Gasteiger partial charge is 0.0366 e. The van der Waals surface area contributed by atoms with E-state index in [1.54, 1.807) is 11.3 Å². The van der Waals surface area contributed by atoms with Crippen LogP contribution in [-0.4, -0.2) is 0 Å². The lowest BCUT2D eigenvalue weighted by atomic mass is 10.1. The van der Waals surface area contributed by atoms with E-state index < -0.39 is 0 Å². The molecule has 0 saturated heterocycles. The van der Waals surface area contributed by atoms with Gasteiger partial charge in [-0.3, -0.25) is 0 Å². The number of hydrogen-bond acceptors (Lipinski definition) is 3. The van der Waals surface area contributed by atoms with Crippen LogP contribution < -0.4 is 0 Å². The molecule has 0 amide bonds. The third-order valence-electron chi connectivity index (χ3n) is 2.46. The molecule has 0 unspecified atom stereocenters. The van der Waals surface area contributed by atoms with Gasteiger partial charge in [-0.25, -0.2) is 0 Å². The van der Waals surface area contributed by atoms with Crippen LogP contribution in [0.3, 0.4) is 0 Å². The van der Waals surface area contributed by atoms with Crippen molar-refractivity contribution in [3.8, 4) is 0 Å². The van der Waals surface area contributed by atoms with Crippen molar-refractivity contribution in [3.63, 3.8) is 0 Å². The van der Waals surface area contributed by atoms with E-state index in [9.17, 15) is 0 Å². The molecule has 0 N–H and O–H groups in total. The lowest BCUT2D eigenvalue weighted by molar-refractivity contribution is 1.53. The van der Waals surface area contributed by atoms with Crippen LogP contribution in [0, 0.1) is 0 Å². The van der Waals surface area contributed by atoms with Gasteiger partial charge in [0.15, 0.2) is 0 Å². The fourth-order valence-electron chi connectivity index (χ4n) is 1.80. The molecule has 0 bridgehead atoms. The summed E-state index contributed by atoms with van der Waals surface area (Å²) in [5, 5.41) is 2.50. The first-order valence-electron chi connectivity index (χ1n) is 4.59. The van der Waals surface area contributed by atoms with E-state index in [1.807, 2.05) is 18.2 Å². The summed E-state index contributed by atoms with van der Waals surface area (Å²) in [6.07, 6.45) is 0. The van der Waals surface area contributed by atoms with Crippen molar-refractivity contribution in [2.24, 2.45) is 0 Å². The van der Waals surface area contributed by atoms with Crippen LogP contribution in [0.4, 0.5) is 0 Å². The van der Waals surface area contributed by atoms with Gasteiger partial charge < -0.3 is 0 Å². The van der Waals surface area contributed by atoms with Crippen molar-refractivity contribution < 1.29 is 0 Å². The molecule has 0 radical (unpaired) electrons. The van der Waals surface area contributed by atoms with Crippen molar-refractivity contribution in [2.75, 3.05) is 0 Å². The van der Waals surface area contributed by atoms with Gasteiger partial charge in [0.1, 0.15) is 0 Å². The van der Waals surface area contributed by atoms with Crippen LogP contribution in [0.1, 0.15) is 0 Å². The number of benzene rings is 2. The minimum Gasteiger partial charge on any atom is -0.143 e. The predicted molar refractivity (Wildman–Crippen MR) is 73.8 cm³/mol. The van der Waals surface area contributed by atoms with E-state index in [4.69, 9.17) is 0 Å². The van der Waals surface area contributed by atoms with Crippen molar-refractivity contribution in [3.05, 3.63) is 36.4 Å². The van der Waals surface area contributed by atoms with Crippen LogP contribution in [0.2, 0.25) is 0 Å². The lowest BCUT2D eigenvalue weighted by Crippen LogP contribution is -1.70. The summed E-state index contributed by atoms with van der Waals surface area (Å²) in [5.74, 6) is 0. The fraction of sp³-hybridized carbons (Fsp3) is 0. The second-order valence-electron chi connectivity index (χ2n) is 3.43. The molecule has 0 atom stereocenters. The third-order valence-corrected chi connectivity index (χ3v) is 4.24. The number of rotatable bonds is 0. The summed E-state index contributed by atoms with van der Waals surface area (Å²) in [6.45, 7) is 0. The molecular formula is C12H8S3. The molecule has 3 heteroatoms. The average molecular weight is 248 g/mol. The summed E-state index contributed by atoms with van der Waals surface area (Å²) in [4.78, 5) is 2.04. The zero-order valence-corrected chi connectivity index (χ0v) is 10.4. The third kappa shape index (κ3) is 1.46. The normalized spacial score (nSPS) is 11.3. The SMILES string of the molecule is Sc1ccc2sc3cccc(S)c3c2c1. The van der Waals surface area contributed by atoms with E-state index in [0.29, 0.717) is 0 Å². The first kappa shape index (κ1) is 9.58. The Kier molecular flexibility index (Phi) is 2.20. The van der Waals surface area contributed by atoms with Gasteiger partial charge in [0, 0.05) is 30.0 Å². The molecule has 0 aliphatic heterocycles. The highest BCUT2D eigenvalue weighted by atomic mass is 32.1. The molecule has 3 rings (SSSR count). The van der Waals surface area contributed by atoms with Gasteiger partial charge in [-0.05, 0) is 30.3 Å². The van der Waals surface area contributed by atoms with Gasteiger partial charge in [-0.2, -0.15) is 0 Å². The maximum Gasteiger partial charge on any atom is 0.0366 e. The summed E-state index contributed by atoms with van der Waals surface area (Å²) in [6, 6.07) is 12.5.